The summed E-state index contributed by atoms with van der Waals surface area (Å²) in [4.78, 5) is 72.4. The van der Waals surface area contributed by atoms with Crippen LogP contribution in [0.15, 0.2) is 0 Å². The van der Waals surface area contributed by atoms with E-state index in [0.29, 0.717) is 25.7 Å². The number of hydrogen-bond donors (Lipinski definition) is 3. The van der Waals surface area contributed by atoms with Crippen LogP contribution in [0, 0.1) is 17.8 Å². The Morgan fingerprint density at radius 3 is 0.731 bits per heavy atom. The Morgan fingerprint density at radius 2 is 0.495 bits per heavy atom. The summed E-state index contributed by atoms with van der Waals surface area (Å²) < 4.78 is 68.2. The van der Waals surface area contributed by atoms with Crippen LogP contribution in [0.2, 0.25) is 0 Å². The number of phosphoric ester groups is 2. The van der Waals surface area contributed by atoms with Gasteiger partial charge in [-0.15, -0.1) is 0 Å². The third kappa shape index (κ3) is 68.4. The Balaban J connectivity index is 5.13. The van der Waals surface area contributed by atoms with Crippen molar-refractivity contribution in [3.8, 4) is 0 Å². The Morgan fingerprint density at radius 1 is 0.290 bits per heavy atom. The molecule has 17 nitrogen and oxygen atoms in total. The van der Waals surface area contributed by atoms with Gasteiger partial charge in [-0.25, -0.2) is 9.13 Å². The van der Waals surface area contributed by atoms with E-state index in [-0.39, 0.29) is 25.7 Å². The predicted molar refractivity (Wildman–Crippen MR) is 377 cm³/mol. The van der Waals surface area contributed by atoms with Gasteiger partial charge in [0.05, 0.1) is 26.4 Å². The van der Waals surface area contributed by atoms with Gasteiger partial charge < -0.3 is 33.8 Å². The fraction of sp³-hybridized carbons (Fsp3) is 0.946. The van der Waals surface area contributed by atoms with Gasteiger partial charge >= 0.3 is 39.5 Å². The minimum atomic E-state index is -4.95. The smallest absolute Gasteiger partial charge is 0.462 e. The average Bonchev–Trinajstić information content (AvgIpc) is 2.42. The first-order valence-electron chi connectivity index (χ1n) is 38.3. The van der Waals surface area contributed by atoms with E-state index < -0.39 is 97.5 Å². The van der Waals surface area contributed by atoms with Crippen molar-refractivity contribution in [3.05, 3.63) is 0 Å². The second-order valence-electron chi connectivity index (χ2n) is 28.1. The number of esters is 4. The zero-order chi connectivity index (χ0) is 68.7. The fourth-order valence-electron chi connectivity index (χ4n) is 11.2. The number of aliphatic hydroxyl groups is 1. The molecular formula is C74H144O17P2. The molecule has 0 aliphatic rings. The molecule has 0 amide bonds. The molecule has 93 heavy (non-hydrogen) atoms. The fourth-order valence-corrected chi connectivity index (χ4v) is 12.8. The van der Waals surface area contributed by atoms with Crippen LogP contribution in [0.25, 0.3) is 0 Å². The van der Waals surface area contributed by atoms with Crippen molar-refractivity contribution in [2.75, 3.05) is 39.6 Å². The summed E-state index contributed by atoms with van der Waals surface area (Å²) in [6.45, 7) is 11.8. The highest BCUT2D eigenvalue weighted by Crippen LogP contribution is 2.45. The van der Waals surface area contributed by atoms with Gasteiger partial charge in [-0.2, -0.15) is 0 Å². The van der Waals surface area contributed by atoms with Crippen molar-refractivity contribution < 1.29 is 80.2 Å². The maximum atomic E-state index is 13.1. The van der Waals surface area contributed by atoms with E-state index in [1.807, 2.05) is 0 Å². The number of aliphatic hydroxyl groups excluding tert-OH is 1. The lowest BCUT2D eigenvalue weighted by Gasteiger charge is -2.21. The second-order valence-corrected chi connectivity index (χ2v) is 31.0. The van der Waals surface area contributed by atoms with Crippen LogP contribution in [0.5, 0.6) is 0 Å². The molecule has 2 unspecified atom stereocenters. The van der Waals surface area contributed by atoms with Crippen LogP contribution in [-0.2, 0) is 65.4 Å². The quantitative estimate of drug-likeness (QED) is 0.0222. The van der Waals surface area contributed by atoms with Crippen LogP contribution in [0.4, 0.5) is 0 Å². The number of phosphoric acid groups is 2. The van der Waals surface area contributed by atoms with E-state index in [9.17, 15) is 43.2 Å². The first-order valence-corrected chi connectivity index (χ1v) is 41.3. The Bertz CT molecular complexity index is 1820. The zero-order valence-corrected chi connectivity index (χ0v) is 62.5. The molecule has 0 rings (SSSR count). The van der Waals surface area contributed by atoms with Crippen molar-refractivity contribution in [3.63, 3.8) is 0 Å². The number of carbonyl (C=O) groups is 4. The minimum Gasteiger partial charge on any atom is -0.462 e. The zero-order valence-electron chi connectivity index (χ0n) is 60.7. The Labute approximate surface area is 568 Å². The summed E-state index contributed by atoms with van der Waals surface area (Å²) in [6.07, 6.45) is 50.5. The molecule has 0 saturated carbocycles. The summed E-state index contributed by atoms with van der Waals surface area (Å²) in [5.41, 5.74) is 0. The van der Waals surface area contributed by atoms with Gasteiger partial charge in [0.15, 0.2) is 12.2 Å². The minimum absolute atomic E-state index is 0.104. The van der Waals surface area contributed by atoms with Gasteiger partial charge in [0.2, 0.25) is 0 Å². The lowest BCUT2D eigenvalue weighted by Crippen LogP contribution is -2.30. The number of carbonyl (C=O) groups excluding carboxylic acids is 4. The largest absolute Gasteiger partial charge is 0.472 e. The Kier molecular flexibility index (Phi) is 63.4. The molecule has 0 aromatic heterocycles. The van der Waals surface area contributed by atoms with Gasteiger partial charge in [-0.3, -0.25) is 37.3 Å². The molecule has 5 atom stereocenters. The number of unbranched alkanes of at least 4 members (excludes halogenated alkanes) is 40. The molecule has 0 aliphatic heterocycles. The van der Waals surface area contributed by atoms with E-state index in [4.69, 9.17) is 37.0 Å². The summed E-state index contributed by atoms with van der Waals surface area (Å²) in [6, 6.07) is 0. The molecule has 0 aromatic rings. The van der Waals surface area contributed by atoms with Crippen LogP contribution in [0.3, 0.4) is 0 Å². The van der Waals surface area contributed by atoms with Gasteiger partial charge in [-0.05, 0) is 43.4 Å². The first kappa shape index (κ1) is 91.1. The first-order chi connectivity index (χ1) is 44.7. The van der Waals surface area contributed by atoms with Crippen LogP contribution in [0.1, 0.15) is 376 Å². The number of ether oxygens (including phenoxy) is 4. The molecule has 0 fully saturated rings. The van der Waals surface area contributed by atoms with E-state index in [2.05, 4.69) is 48.5 Å². The summed E-state index contributed by atoms with van der Waals surface area (Å²) in [5, 5.41) is 10.6. The lowest BCUT2D eigenvalue weighted by molar-refractivity contribution is -0.161. The van der Waals surface area contributed by atoms with Crippen LogP contribution >= 0.6 is 15.6 Å². The molecule has 0 heterocycles. The maximum Gasteiger partial charge on any atom is 0.472 e. The molecule has 19 heteroatoms. The topological polar surface area (TPSA) is 237 Å². The Hall–Kier alpha value is -1.94. The van der Waals surface area contributed by atoms with Gasteiger partial charge in [0.1, 0.15) is 19.3 Å². The lowest BCUT2D eigenvalue weighted by atomic mass is 10.0. The normalized spacial score (nSPS) is 14.1. The third-order valence-electron chi connectivity index (χ3n) is 17.1. The monoisotopic (exact) mass is 1370 g/mol. The summed E-state index contributed by atoms with van der Waals surface area (Å²) in [5.74, 6) is 0.206. The van der Waals surface area contributed by atoms with E-state index >= 15 is 0 Å². The van der Waals surface area contributed by atoms with Gasteiger partial charge in [0.25, 0.3) is 0 Å². The highest BCUT2D eigenvalue weighted by Gasteiger charge is 2.30. The molecule has 0 saturated heterocycles. The SMILES string of the molecule is CCCCCCCC(=O)OC[C@H](COP(=O)(O)OC[C@H](O)COP(=O)(O)OC[C@@H](COC(=O)CCCCCCCCCCCCCCC(C)C)OC(=O)CCCCCCCCCCCCCCCCCCCCC(C)C)OC(=O)CCCCCCCCCCCC(C)C. The second kappa shape index (κ2) is 64.7. The predicted octanol–water partition coefficient (Wildman–Crippen LogP) is 21.4. The van der Waals surface area contributed by atoms with Gasteiger partial charge in [-0.1, -0.05) is 325 Å². The molecule has 0 aromatic carbocycles. The molecule has 0 bridgehead atoms. The average molecular weight is 1370 g/mol. The summed E-state index contributed by atoms with van der Waals surface area (Å²) >= 11 is 0. The highest BCUT2D eigenvalue weighted by atomic mass is 31.2. The standard InChI is InChI=1S/C74H144O17P2/c1-8-9-10-38-48-55-71(76)84-61-69(90-74(79)58-51-44-37-31-25-28-34-41-47-54-67(6)7)63-88-92(80,81)86-59-68(75)60-87-93(82,83)89-64-70(62-85-72(77)56-49-42-35-29-23-20-19-22-27-33-40-46-53-66(4)5)91-73(78)57-50-43-36-30-24-18-16-14-12-11-13-15-17-21-26-32-39-45-52-65(2)3/h65-70,75H,8-64H2,1-7H3,(H,80,81)(H,82,83)/t68-,69+,70+/m0/s1. The van der Waals surface area contributed by atoms with E-state index in [0.717, 1.165) is 114 Å². The van der Waals surface area contributed by atoms with E-state index in [1.54, 1.807) is 0 Å². The van der Waals surface area contributed by atoms with Crippen molar-refractivity contribution in [1.29, 1.82) is 0 Å². The van der Waals surface area contributed by atoms with Gasteiger partial charge in [0, 0.05) is 25.7 Å². The van der Waals surface area contributed by atoms with Crippen molar-refractivity contribution in [2.24, 2.45) is 17.8 Å². The molecule has 3 N–H and O–H groups in total. The highest BCUT2D eigenvalue weighted by molar-refractivity contribution is 7.47. The number of hydrogen-bond acceptors (Lipinski definition) is 15. The maximum absolute atomic E-state index is 13.1. The summed E-state index contributed by atoms with van der Waals surface area (Å²) in [7, 11) is -9.90. The van der Waals surface area contributed by atoms with Crippen molar-refractivity contribution in [1.82, 2.24) is 0 Å². The third-order valence-corrected chi connectivity index (χ3v) is 19.0. The molecule has 552 valence electrons. The van der Waals surface area contributed by atoms with Crippen molar-refractivity contribution in [2.45, 2.75) is 394 Å². The number of rotatable bonds is 72. The molecular weight excluding hydrogens is 1220 g/mol. The molecule has 0 radical (unpaired) electrons. The van der Waals surface area contributed by atoms with Crippen LogP contribution in [-0.4, -0.2) is 96.7 Å². The molecule has 0 spiro atoms. The van der Waals surface area contributed by atoms with Crippen LogP contribution < -0.4 is 0 Å². The van der Waals surface area contributed by atoms with Crippen molar-refractivity contribution >= 4 is 39.5 Å². The van der Waals surface area contributed by atoms with E-state index in [1.165, 1.54) is 180 Å². The molecule has 0 aliphatic carbocycles.